The number of esters is 1. The van der Waals surface area contributed by atoms with Crippen LogP contribution in [0.4, 0.5) is 5.69 Å². The number of anilines is 1. The van der Waals surface area contributed by atoms with Gasteiger partial charge in [-0.3, -0.25) is 14.4 Å². The predicted octanol–water partition coefficient (Wildman–Crippen LogP) is 4.23. The zero-order valence-corrected chi connectivity index (χ0v) is 23.6. The molecule has 0 radical (unpaired) electrons. The summed E-state index contributed by atoms with van der Waals surface area (Å²) in [6.07, 6.45) is 9.28. The van der Waals surface area contributed by atoms with Gasteiger partial charge in [-0.1, -0.05) is 73.2 Å². The lowest BCUT2D eigenvalue weighted by Crippen LogP contribution is -2.57. The Balaban J connectivity index is 1.55. The summed E-state index contributed by atoms with van der Waals surface area (Å²) in [7, 11) is 0. The van der Waals surface area contributed by atoms with Gasteiger partial charge in [0.2, 0.25) is 5.91 Å². The van der Waals surface area contributed by atoms with E-state index in [4.69, 9.17) is 21.1 Å². The lowest BCUT2D eigenvalue weighted by molar-refractivity contribution is -0.161. The molecular weight excluding hydrogens is 544 g/mol. The Kier molecular flexibility index (Phi) is 7.26. The number of aliphatic hydroxyl groups is 1. The van der Waals surface area contributed by atoms with Crippen LogP contribution in [0.3, 0.4) is 0 Å². The number of benzene rings is 2. The smallest absolute Gasteiger partial charge is 0.313 e. The standard InChI is InChI=1S/C32H33ClN2O6/c1-2-31-16-7-4-8-19-40-30(39)26(31)25-28(37)35(24(20-36)21-10-5-3-6-11-21)27-29(38)34(18-9-17-32(25,27)41-31)23-14-12-22(33)13-15-23/h3,5-7,9-17,24-27,36H,2,4,8,18-20H2,1H3/b16-7-/t24-,25+,26+,27?,31-,32+/m1/s1. The topological polar surface area (TPSA) is 96.4 Å². The second kappa shape index (κ2) is 10.7. The molecule has 2 fully saturated rings. The van der Waals surface area contributed by atoms with E-state index in [0.717, 1.165) is 0 Å². The molecule has 1 N–H and O–H groups in total. The van der Waals surface area contributed by atoms with Crippen molar-refractivity contribution in [2.45, 2.75) is 49.5 Å². The fraction of sp³-hybridized carbons (Fsp3) is 0.406. The number of rotatable bonds is 5. The summed E-state index contributed by atoms with van der Waals surface area (Å²) >= 11 is 6.14. The van der Waals surface area contributed by atoms with Crippen molar-refractivity contribution < 1.29 is 29.0 Å². The summed E-state index contributed by atoms with van der Waals surface area (Å²) in [4.78, 5) is 46.2. The summed E-state index contributed by atoms with van der Waals surface area (Å²) < 4.78 is 12.7. The Bertz CT molecular complexity index is 1390. The minimum Gasteiger partial charge on any atom is -0.465 e. The van der Waals surface area contributed by atoms with Crippen molar-refractivity contribution in [3.63, 3.8) is 0 Å². The maximum atomic E-state index is 14.7. The summed E-state index contributed by atoms with van der Waals surface area (Å²) in [5, 5.41) is 11.2. The minimum atomic E-state index is -1.46. The normalized spacial score (nSPS) is 32.7. The first kappa shape index (κ1) is 27.7. The van der Waals surface area contributed by atoms with Gasteiger partial charge in [-0.2, -0.15) is 0 Å². The van der Waals surface area contributed by atoms with Gasteiger partial charge in [0.25, 0.3) is 5.91 Å². The quantitative estimate of drug-likeness (QED) is 0.423. The van der Waals surface area contributed by atoms with E-state index < -0.39 is 53.6 Å². The van der Waals surface area contributed by atoms with Gasteiger partial charge in [-0.15, -0.1) is 0 Å². The number of likely N-dealkylation sites (tertiary alicyclic amines) is 1. The number of nitrogens with zero attached hydrogens (tertiary/aromatic N) is 2. The molecule has 6 rings (SSSR count). The second-order valence-corrected chi connectivity index (χ2v) is 11.5. The summed E-state index contributed by atoms with van der Waals surface area (Å²) in [5.41, 5.74) is -1.30. The van der Waals surface area contributed by atoms with Crippen LogP contribution in [0.2, 0.25) is 5.02 Å². The summed E-state index contributed by atoms with van der Waals surface area (Å²) in [6, 6.07) is 14.1. The fourth-order valence-corrected chi connectivity index (χ4v) is 7.16. The Labute approximate surface area is 244 Å². The van der Waals surface area contributed by atoms with Crippen LogP contribution in [-0.2, 0) is 23.9 Å². The molecule has 2 aromatic rings. The van der Waals surface area contributed by atoms with Crippen molar-refractivity contribution >= 4 is 35.1 Å². The van der Waals surface area contributed by atoms with E-state index >= 15 is 0 Å². The number of cyclic esters (lactones) is 1. The van der Waals surface area contributed by atoms with Crippen molar-refractivity contribution in [3.8, 4) is 0 Å². The zero-order chi connectivity index (χ0) is 28.8. The molecule has 0 aromatic heterocycles. The molecular formula is C32H33ClN2O6. The maximum absolute atomic E-state index is 14.7. The van der Waals surface area contributed by atoms with E-state index in [9.17, 15) is 19.5 Å². The molecule has 1 spiro atoms. The third-order valence-corrected chi connectivity index (χ3v) is 9.15. The van der Waals surface area contributed by atoms with Crippen molar-refractivity contribution in [1.82, 2.24) is 4.90 Å². The number of amides is 2. The number of hydrogen-bond acceptors (Lipinski definition) is 6. The molecule has 4 aliphatic heterocycles. The molecule has 1 unspecified atom stereocenters. The van der Waals surface area contributed by atoms with Crippen LogP contribution in [0.5, 0.6) is 0 Å². The average molecular weight is 577 g/mol. The van der Waals surface area contributed by atoms with Gasteiger partial charge < -0.3 is 24.4 Å². The molecule has 9 heteroatoms. The van der Waals surface area contributed by atoms with Gasteiger partial charge in [0.05, 0.1) is 25.2 Å². The SMILES string of the molecule is CC[C@@]12/C=C\CCCOC(=O)[C@@H]1[C@H]1C(=O)N([C@H](CO)c3ccccc3)C3C(=O)N(c4ccc(Cl)cc4)CC=C[C@@]31O2. The number of fused-ring (bicyclic) bond motifs is 2. The van der Waals surface area contributed by atoms with Crippen molar-refractivity contribution in [3.05, 3.63) is 89.5 Å². The maximum Gasteiger partial charge on any atom is 0.313 e. The number of halogens is 1. The van der Waals surface area contributed by atoms with Crippen LogP contribution in [0, 0.1) is 11.8 Å². The van der Waals surface area contributed by atoms with Crippen molar-refractivity contribution in [1.29, 1.82) is 0 Å². The number of allylic oxidation sites excluding steroid dienone is 1. The largest absolute Gasteiger partial charge is 0.465 e. The number of ether oxygens (including phenoxy) is 2. The van der Waals surface area contributed by atoms with Crippen LogP contribution >= 0.6 is 11.6 Å². The minimum absolute atomic E-state index is 0.232. The second-order valence-electron chi connectivity index (χ2n) is 11.0. The molecule has 2 amide bonds. The Morgan fingerprint density at radius 3 is 2.46 bits per heavy atom. The first-order valence-electron chi connectivity index (χ1n) is 14.1. The van der Waals surface area contributed by atoms with Crippen LogP contribution in [0.15, 0.2) is 78.9 Å². The fourth-order valence-electron chi connectivity index (χ4n) is 7.03. The monoisotopic (exact) mass is 576 g/mol. The number of hydrogen-bond donors (Lipinski definition) is 1. The van der Waals surface area contributed by atoms with E-state index in [1.807, 2.05) is 55.5 Å². The first-order chi connectivity index (χ1) is 19.9. The van der Waals surface area contributed by atoms with Gasteiger partial charge in [0.1, 0.15) is 23.2 Å². The molecule has 4 aliphatic rings. The Hall–Kier alpha value is -3.46. The van der Waals surface area contributed by atoms with Gasteiger partial charge >= 0.3 is 5.97 Å². The van der Waals surface area contributed by atoms with Gasteiger partial charge in [-0.25, -0.2) is 0 Å². The summed E-state index contributed by atoms with van der Waals surface area (Å²) in [5.74, 6) is -3.27. The highest BCUT2D eigenvalue weighted by atomic mass is 35.5. The molecule has 0 bridgehead atoms. The Morgan fingerprint density at radius 2 is 1.76 bits per heavy atom. The third-order valence-electron chi connectivity index (χ3n) is 8.90. The highest BCUT2D eigenvalue weighted by Crippen LogP contribution is 2.59. The average Bonchev–Trinajstić information content (AvgIpc) is 3.36. The first-order valence-corrected chi connectivity index (χ1v) is 14.5. The zero-order valence-electron chi connectivity index (χ0n) is 22.8. The number of carbonyl (C=O) groups is 3. The van der Waals surface area contributed by atoms with Crippen LogP contribution in [-0.4, -0.2) is 64.8 Å². The number of aliphatic hydroxyl groups excluding tert-OH is 1. The van der Waals surface area contributed by atoms with E-state index in [-0.39, 0.29) is 19.1 Å². The summed E-state index contributed by atoms with van der Waals surface area (Å²) in [6.45, 7) is 1.97. The molecule has 0 aliphatic carbocycles. The predicted molar refractivity (Wildman–Crippen MR) is 153 cm³/mol. The van der Waals surface area contributed by atoms with Crippen LogP contribution < -0.4 is 4.90 Å². The lowest BCUT2D eigenvalue weighted by Gasteiger charge is -2.41. The molecule has 6 atom stereocenters. The molecule has 4 heterocycles. The van der Waals surface area contributed by atoms with Gasteiger partial charge in [0, 0.05) is 17.3 Å². The van der Waals surface area contributed by atoms with E-state index in [0.29, 0.717) is 35.5 Å². The molecule has 8 nitrogen and oxygen atoms in total. The van der Waals surface area contributed by atoms with E-state index in [1.165, 1.54) is 4.90 Å². The lowest BCUT2D eigenvalue weighted by atomic mass is 9.73. The van der Waals surface area contributed by atoms with Crippen molar-refractivity contribution in [2.24, 2.45) is 11.8 Å². The van der Waals surface area contributed by atoms with Crippen LogP contribution in [0.1, 0.15) is 37.8 Å². The molecule has 2 saturated heterocycles. The molecule has 0 saturated carbocycles. The van der Waals surface area contributed by atoms with E-state index in [2.05, 4.69) is 0 Å². The van der Waals surface area contributed by atoms with Gasteiger partial charge in [-0.05, 0) is 49.1 Å². The van der Waals surface area contributed by atoms with Crippen LogP contribution in [0.25, 0.3) is 0 Å². The number of carbonyl (C=O) groups excluding carboxylic acids is 3. The van der Waals surface area contributed by atoms with E-state index in [1.54, 1.807) is 35.2 Å². The van der Waals surface area contributed by atoms with Crippen molar-refractivity contribution in [2.75, 3.05) is 24.7 Å². The third kappa shape index (κ3) is 4.31. The highest BCUT2D eigenvalue weighted by Gasteiger charge is 2.76. The highest BCUT2D eigenvalue weighted by molar-refractivity contribution is 6.30. The molecule has 2 aromatic carbocycles. The van der Waals surface area contributed by atoms with Gasteiger partial charge in [0.15, 0.2) is 0 Å². The molecule has 214 valence electrons. The Morgan fingerprint density at radius 1 is 1.00 bits per heavy atom. The molecule has 41 heavy (non-hydrogen) atoms.